The molecule has 116 valence electrons. The topological polar surface area (TPSA) is 75.4 Å². The van der Waals surface area contributed by atoms with E-state index in [9.17, 15) is 9.59 Å². The molecule has 0 atom stereocenters. The van der Waals surface area contributed by atoms with E-state index in [-0.39, 0.29) is 18.4 Å². The molecule has 0 fully saturated rings. The summed E-state index contributed by atoms with van der Waals surface area (Å²) in [6, 6.07) is 8.63. The summed E-state index contributed by atoms with van der Waals surface area (Å²) in [7, 11) is 0. The SMILES string of the molecule is CCN(CC(=O)Nc1cc(C)on1)C(=O)c1ccc(Br)cc1. The molecule has 1 N–H and O–H groups in total. The molecule has 0 saturated carbocycles. The molecule has 0 spiro atoms. The molecule has 0 aliphatic rings. The Kier molecular flexibility index (Phi) is 5.32. The first-order valence-electron chi connectivity index (χ1n) is 6.77. The third-order valence-electron chi connectivity index (χ3n) is 2.99. The summed E-state index contributed by atoms with van der Waals surface area (Å²) in [5, 5.41) is 6.28. The van der Waals surface area contributed by atoms with Crippen molar-refractivity contribution in [2.45, 2.75) is 13.8 Å². The number of aryl methyl sites for hydroxylation is 1. The summed E-state index contributed by atoms with van der Waals surface area (Å²) in [6.07, 6.45) is 0. The maximum atomic E-state index is 12.4. The highest BCUT2D eigenvalue weighted by atomic mass is 79.9. The minimum atomic E-state index is -0.319. The van der Waals surface area contributed by atoms with E-state index >= 15 is 0 Å². The molecule has 2 rings (SSSR count). The highest BCUT2D eigenvalue weighted by Gasteiger charge is 2.18. The Balaban J connectivity index is 2.00. The van der Waals surface area contributed by atoms with Crippen molar-refractivity contribution < 1.29 is 14.1 Å². The average molecular weight is 366 g/mol. The number of hydrogen-bond donors (Lipinski definition) is 1. The van der Waals surface area contributed by atoms with E-state index in [1.54, 1.807) is 37.3 Å². The Morgan fingerprint density at radius 3 is 2.55 bits per heavy atom. The van der Waals surface area contributed by atoms with E-state index < -0.39 is 0 Å². The lowest BCUT2D eigenvalue weighted by Gasteiger charge is -2.20. The van der Waals surface area contributed by atoms with Gasteiger partial charge in [-0.3, -0.25) is 9.59 Å². The summed E-state index contributed by atoms with van der Waals surface area (Å²) < 4.78 is 5.77. The smallest absolute Gasteiger partial charge is 0.254 e. The third kappa shape index (κ3) is 4.17. The van der Waals surface area contributed by atoms with E-state index in [2.05, 4.69) is 26.4 Å². The van der Waals surface area contributed by atoms with Crippen molar-refractivity contribution in [2.24, 2.45) is 0 Å². The van der Waals surface area contributed by atoms with Gasteiger partial charge >= 0.3 is 0 Å². The van der Waals surface area contributed by atoms with Crippen LogP contribution in [0.5, 0.6) is 0 Å². The summed E-state index contributed by atoms with van der Waals surface area (Å²) in [5.41, 5.74) is 0.537. The van der Waals surface area contributed by atoms with Gasteiger partial charge in [-0.1, -0.05) is 21.1 Å². The van der Waals surface area contributed by atoms with Crippen LogP contribution >= 0.6 is 15.9 Å². The zero-order valence-electron chi connectivity index (χ0n) is 12.3. The first-order valence-corrected chi connectivity index (χ1v) is 7.57. The molecule has 1 aromatic carbocycles. The number of carbonyl (C=O) groups is 2. The summed E-state index contributed by atoms with van der Waals surface area (Å²) in [5.74, 6) is 0.435. The number of aromatic nitrogens is 1. The second kappa shape index (κ2) is 7.22. The molecular formula is C15H16BrN3O3. The maximum Gasteiger partial charge on any atom is 0.254 e. The molecule has 7 heteroatoms. The zero-order chi connectivity index (χ0) is 16.1. The van der Waals surface area contributed by atoms with Crippen LogP contribution < -0.4 is 5.32 Å². The van der Waals surface area contributed by atoms with Crippen molar-refractivity contribution in [1.29, 1.82) is 0 Å². The van der Waals surface area contributed by atoms with Gasteiger partial charge in [0.25, 0.3) is 5.91 Å². The highest BCUT2D eigenvalue weighted by molar-refractivity contribution is 9.10. The second-order valence-corrected chi connectivity index (χ2v) is 5.61. The molecule has 6 nitrogen and oxygen atoms in total. The normalized spacial score (nSPS) is 10.3. The van der Waals surface area contributed by atoms with Crippen LogP contribution in [0, 0.1) is 6.92 Å². The Morgan fingerprint density at radius 1 is 1.32 bits per heavy atom. The largest absolute Gasteiger partial charge is 0.360 e. The molecule has 0 radical (unpaired) electrons. The number of benzene rings is 1. The van der Waals surface area contributed by atoms with Crippen LogP contribution in [0.3, 0.4) is 0 Å². The lowest BCUT2D eigenvalue weighted by molar-refractivity contribution is -0.116. The fourth-order valence-electron chi connectivity index (χ4n) is 1.88. The first kappa shape index (κ1) is 16.2. The maximum absolute atomic E-state index is 12.4. The number of nitrogens with one attached hydrogen (secondary N) is 1. The van der Waals surface area contributed by atoms with E-state index in [1.807, 2.05) is 6.92 Å². The standard InChI is InChI=1S/C15H16BrN3O3/c1-3-19(15(21)11-4-6-12(16)7-5-11)9-14(20)17-13-8-10(2)22-18-13/h4-8H,3,9H2,1-2H3,(H,17,18,20). The van der Waals surface area contributed by atoms with Crippen molar-refractivity contribution in [3.8, 4) is 0 Å². The van der Waals surface area contributed by atoms with E-state index in [0.29, 0.717) is 23.7 Å². The first-order chi connectivity index (χ1) is 10.5. The van der Waals surface area contributed by atoms with Crippen molar-refractivity contribution in [1.82, 2.24) is 10.1 Å². The minimum absolute atomic E-state index is 0.0443. The number of rotatable bonds is 5. The van der Waals surface area contributed by atoms with Crippen LogP contribution in [0.1, 0.15) is 23.0 Å². The highest BCUT2D eigenvalue weighted by Crippen LogP contribution is 2.13. The van der Waals surface area contributed by atoms with Crippen LogP contribution in [-0.2, 0) is 4.79 Å². The van der Waals surface area contributed by atoms with Crippen LogP contribution in [-0.4, -0.2) is 35.0 Å². The monoisotopic (exact) mass is 365 g/mol. The van der Waals surface area contributed by atoms with Gasteiger partial charge in [-0.2, -0.15) is 0 Å². The van der Waals surface area contributed by atoms with Gasteiger partial charge in [0.15, 0.2) is 5.82 Å². The van der Waals surface area contributed by atoms with Gasteiger partial charge < -0.3 is 14.7 Å². The van der Waals surface area contributed by atoms with Crippen molar-refractivity contribution in [2.75, 3.05) is 18.4 Å². The number of carbonyl (C=O) groups excluding carboxylic acids is 2. The minimum Gasteiger partial charge on any atom is -0.360 e. The lowest BCUT2D eigenvalue weighted by Crippen LogP contribution is -2.37. The molecule has 0 bridgehead atoms. The van der Waals surface area contributed by atoms with Crippen molar-refractivity contribution >= 4 is 33.6 Å². The number of halogens is 1. The van der Waals surface area contributed by atoms with Crippen molar-refractivity contribution in [3.05, 3.63) is 46.1 Å². The Bertz CT molecular complexity index is 667. The Labute approximate surface area is 136 Å². The van der Waals surface area contributed by atoms with Crippen molar-refractivity contribution in [3.63, 3.8) is 0 Å². The Morgan fingerprint density at radius 2 is 2.00 bits per heavy atom. The van der Waals surface area contributed by atoms with Gasteiger partial charge in [-0.15, -0.1) is 0 Å². The lowest BCUT2D eigenvalue weighted by atomic mass is 10.2. The summed E-state index contributed by atoms with van der Waals surface area (Å²) in [4.78, 5) is 25.8. The predicted molar refractivity (Wildman–Crippen MR) is 85.6 cm³/mol. The van der Waals surface area contributed by atoms with Crippen LogP contribution in [0.2, 0.25) is 0 Å². The van der Waals surface area contributed by atoms with Gasteiger partial charge in [0.2, 0.25) is 5.91 Å². The molecular weight excluding hydrogens is 350 g/mol. The molecule has 1 heterocycles. The number of amides is 2. The molecule has 0 aliphatic heterocycles. The van der Waals surface area contributed by atoms with E-state index in [0.717, 1.165) is 4.47 Å². The van der Waals surface area contributed by atoms with Gasteiger partial charge in [0, 0.05) is 22.6 Å². The zero-order valence-corrected chi connectivity index (χ0v) is 13.9. The third-order valence-corrected chi connectivity index (χ3v) is 3.52. The number of hydrogen-bond acceptors (Lipinski definition) is 4. The van der Waals surface area contributed by atoms with Crippen LogP contribution in [0.25, 0.3) is 0 Å². The van der Waals surface area contributed by atoms with E-state index in [1.165, 1.54) is 4.90 Å². The fourth-order valence-corrected chi connectivity index (χ4v) is 2.15. The summed E-state index contributed by atoms with van der Waals surface area (Å²) >= 11 is 3.32. The predicted octanol–water partition coefficient (Wildman–Crippen LogP) is 2.85. The summed E-state index contributed by atoms with van der Waals surface area (Å²) in [6.45, 7) is 3.94. The molecule has 2 aromatic rings. The number of anilines is 1. The molecule has 1 aromatic heterocycles. The van der Waals surface area contributed by atoms with E-state index in [4.69, 9.17) is 4.52 Å². The fraction of sp³-hybridized carbons (Fsp3) is 0.267. The molecule has 0 unspecified atom stereocenters. The number of nitrogens with zero attached hydrogens (tertiary/aromatic N) is 2. The van der Waals surface area contributed by atoms with Gasteiger partial charge in [-0.05, 0) is 38.1 Å². The van der Waals surface area contributed by atoms with Gasteiger partial charge in [-0.25, -0.2) is 0 Å². The van der Waals surface area contributed by atoms with Crippen LogP contribution in [0.15, 0.2) is 39.3 Å². The Hall–Kier alpha value is -2.15. The quantitative estimate of drug-likeness (QED) is 0.883. The second-order valence-electron chi connectivity index (χ2n) is 4.70. The number of likely N-dealkylation sites (N-methyl/N-ethyl adjacent to an activating group) is 1. The molecule has 22 heavy (non-hydrogen) atoms. The molecule has 0 saturated heterocycles. The van der Waals surface area contributed by atoms with Crippen LogP contribution in [0.4, 0.5) is 5.82 Å². The molecule has 2 amide bonds. The van der Waals surface area contributed by atoms with Gasteiger partial charge in [0.1, 0.15) is 12.3 Å². The average Bonchev–Trinajstić information content (AvgIpc) is 2.90. The molecule has 0 aliphatic carbocycles. The van der Waals surface area contributed by atoms with Gasteiger partial charge in [0.05, 0.1) is 0 Å².